The number of aryl methyl sites for hydroxylation is 1. The van der Waals surface area contributed by atoms with Gasteiger partial charge in [0, 0.05) is 24.3 Å². The lowest BCUT2D eigenvalue weighted by molar-refractivity contribution is -0.137. The predicted molar refractivity (Wildman–Crippen MR) is 131 cm³/mol. The quantitative estimate of drug-likeness (QED) is 0.380. The fourth-order valence-electron chi connectivity index (χ4n) is 3.88. The number of likely N-dealkylation sites (N-methyl/N-ethyl adjacent to an activating group) is 1. The Bertz CT molecular complexity index is 1150. The summed E-state index contributed by atoms with van der Waals surface area (Å²) in [6.07, 6.45) is -4.17. The van der Waals surface area contributed by atoms with Crippen LogP contribution >= 0.6 is 0 Å². The van der Waals surface area contributed by atoms with E-state index in [1.54, 1.807) is 34.1 Å². The summed E-state index contributed by atoms with van der Waals surface area (Å²) in [4.78, 5) is 29.3. The molecule has 0 heterocycles. The zero-order valence-electron chi connectivity index (χ0n) is 20.1. The van der Waals surface area contributed by atoms with Crippen molar-refractivity contribution in [2.45, 2.75) is 39.9 Å². The van der Waals surface area contributed by atoms with Crippen LogP contribution in [0.2, 0.25) is 0 Å². The molecule has 184 valence electrons. The summed E-state index contributed by atoms with van der Waals surface area (Å²) >= 11 is 0. The molecule has 0 saturated heterocycles. The van der Waals surface area contributed by atoms with Crippen molar-refractivity contribution >= 4 is 17.5 Å². The van der Waals surface area contributed by atoms with Gasteiger partial charge in [0.1, 0.15) is 0 Å². The van der Waals surface area contributed by atoms with Crippen LogP contribution in [0.4, 0.5) is 18.9 Å². The third-order valence-electron chi connectivity index (χ3n) is 5.96. The molecule has 35 heavy (non-hydrogen) atoms. The first kappa shape index (κ1) is 26.0. The van der Waals surface area contributed by atoms with E-state index in [-0.39, 0.29) is 24.8 Å². The molecule has 0 radical (unpaired) electrons. The number of benzene rings is 3. The van der Waals surface area contributed by atoms with Crippen LogP contribution in [0.3, 0.4) is 0 Å². The van der Waals surface area contributed by atoms with Gasteiger partial charge in [-0.2, -0.15) is 13.2 Å². The highest BCUT2D eigenvalue weighted by Gasteiger charge is 2.30. The van der Waals surface area contributed by atoms with Gasteiger partial charge in [-0.3, -0.25) is 9.59 Å². The number of rotatable bonds is 8. The van der Waals surface area contributed by atoms with Crippen LogP contribution in [0.5, 0.6) is 0 Å². The van der Waals surface area contributed by atoms with E-state index in [0.717, 1.165) is 23.3 Å². The summed E-state index contributed by atoms with van der Waals surface area (Å²) in [7, 11) is 0. The molecule has 3 aromatic rings. The Morgan fingerprint density at radius 2 is 1.37 bits per heavy atom. The van der Waals surface area contributed by atoms with Gasteiger partial charge in [0.25, 0.3) is 5.91 Å². The Kier molecular flexibility index (Phi) is 8.33. The molecule has 0 unspecified atom stereocenters. The van der Waals surface area contributed by atoms with E-state index in [1.807, 2.05) is 45.0 Å². The van der Waals surface area contributed by atoms with Crippen LogP contribution in [0.1, 0.15) is 46.5 Å². The lowest BCUT2D eigenvalue weighted by Gasteiger charge is -2.25. The smallest absolute Gasteiger partial charge is 0.343 e. The minimum absolute atomic E-state index is 0.0281. The molecule has 3 aromatic carbocycles. The number of amides is 2. The maximum Gasteiger partial charge on any atom is 0.416 e. The second-order valence-electron chi connectivity index (χ2n) is 8.31. The summed E-state index contributed by atoms with van der Waals surface area (Å²) in [5.41, 5.74) is 2.57. The minimum Gasteiger partial charge on any atom is -0.343 e. The Morgan fingerprint density at radius 1 is 0.800 bits per heavy atom. The van der Waals surface area contributed by atoms with E-state index in [9.17, 15) is 22.8 Å². The van der Waals surface area contributed by atoms with E-state index in [2.05, 4.69) is 0 Å². The van der Waals surface area contributed by atoms with Gasteiger partial charge in [0.2, 0.25) is 5.91 Å². The SMILES string of the molecule is CCN(CC)C(=O)Cc1ccc(N(Cc2ccc(C(F)(F)F)cc2)C(=O)c2ccccc2C)cc1. The van der Waals surface area contributed by atoms with E-state index in [4.69, 9.17) is 0 Å². The number of halogens is 3. The summed E-state index contributed by atoms with van der Waals surface area (Å²) in [5.74, 6) is -0.227. The van der Waals surface area contributed by atoms with Gasteiger partial charge < -0.3 is 9.80 Å². The number of hydrogen-bond acceptors (Lipinski definition) is 2. The summed E-state index contributed by atoms with van der Waals surface area (Å²) in [5, 5.41) is 0. The van der Waals surface area contributed by atoms with E-state index >= 15 is 0 Å². The van der Waals surface area contributed by atoms with Gasteiger partial charge in [-0.1, -0.05) is 42.5 Å². The van der Waals surface area contributed by atoms with Gasteiger partial charge >= 0.3 is 6.18 Å². The topological polar surface area (TPSA) is 40.6 Å². The number of carbonyl (C=O) groups excluding carboxylic acids is 2. The molecule has 0 bridgehead atoms. The summed E-state index contributed by atoms with van der Waals surface area (Å²) in [6, 6.07) is 19.2. The number of anilines is 1. The zero-order chi connectivity index (χ0) is 25.6. The largest absolute Gasteiger partial charge is 0.416 e. The van der Waals surface area contributed by atoms with Crippen molar-refractivity contribution in [1.82, 2.24) is 4.90 Å². The number of hydrogen-bond donors (Lipinski definition) is 0. The zero-order valence-corrected chi connectivity index (χ0v) is 20.1. The van der Waals surface area contributed by atoms with Crippen molar-refractivity contribution in [3.05, 3.63) is 101 Å². The highest BCUT2D eigenvalue weighted by Crippen LogP contribution is 2.30. The first-order valence-electron chi connectivity index (χ1n) is 11.5. The van der Waals surface area contributed by atoms with Gasteiger partial charge in [-0.05, 0) is 67.8 Å². The Morgan fingerprint density at radius 3 is 1.91 bits per heavy atom. The second-order valence-corrected chi connectivity index (χ2v) is 8.31. The average Bonchev–Trinajstić information content (AvgIpc) is 2.83. The third-order valence-corrected chi connectivity index (χ3v) is 5.96. The monoisotopic (exact) mass is 482 g/mol. The fraction of sp³-hybridized carbons (Fsp3) is 0.286. The standard InChI is InChI=1S/C28H29F3N2O2/c1-4-32(5-2)26(34)18-21-12-16-24(17-13-21)33(27(35)25-9-7-6-8-20(25)3)19-22-10-14-23(15-11-22)28(29,30)31/h6-17H,4-5,18-19H2,1-3H3. The molecule has 0 spiro atoms. The van der Waals surface area contributed by atoms with Crippen LogP contribution in [0.25, 0.3) is 0 Å². The molecule has 7 heteroatoms. The third kappa shape index (κ3) is 6.50. The van der Waals surface area contributed by atoms with Crippen LogP contribution in [0.15, 0.2) is 72.8 Å². The fourth-order valence-corrected chi connectivity index (χ4v) is 3.88. The number of carbonyl (C=O) groups is 2. The maximum absolute atomic E-state index is 13.5. The molecule has 0 N–H and O–H groups in total. The molecule has 0 saturated carbocycles. The van der Waals surface area contributed by atoms with Crippen LogP contribution in [0, 0.1) is 6.92 Å². The Labute approximate surface area is 204 Å². The number of alkyl halides is 3. The van der Waals surface area contributed by atoms with E-state index in [1.165, 1.54) is 12.1 Å². The van der Waals surface area contributed by atoms with E-state index < -0.39 is 11.7 Å². The van der Waals surface area contributed by atoms with Crippen molar-refractivity contribution in [2.75, 3.05) is 18.0 Å². The Balaban J connectivity index is 1.90. The molecular formula is C28H29F3N2O2. The van der Waals surface area contributed by atoms with Crippen LogP contribution in [-0.4, -0.2) is 29.8 Å². The average molecular weight is 483 g/mol. The minimum atomic E-state index is -4.42. The molecule has 0 atom stereocenters. The second kappa shape index (κ2) is 11.2. The lowest BCUT2D eigenvalue weighted by atomic mass is 10.0. The number of nitrogens with zero attached hydrogens (tertiary/aromatic N) is 2. The van der Waals surface area contributed by atoms with Crippen molar-refractivity contribution in [2.24, 2.45) is 0 Å². The summed E-state index contributed by atoms with van der Waals surface area (Å²) < 4.78 is 38.9. The maximum atomic E-state index is 13.5. The molecule has 0 aliphatic rings. The van der Waals surface area contributed by atoms with Crippen molar-refractivity contribution in [3.63, 3.8) is 0 Å². The molecule has 3 rings (SSSR count). The predicted octanol–water partition coefficient (Wildman–Crippen LogP) is 6.27. The van der Waals surface area contributed by atoms with Gasteiger partial charge in [0.15, 0.2) is 0 Å². The molecular weight excluding hydrogens is 453 g/mol. The normalized spacial score (nSPS) is 11.3. The van der Waals surface area contributed by atoms with E-state index in [0.29, 0.717) is 29.9 Å². The molecule has 0 fully saturated rings. The van der Waals surface area contributed by atoms with Gasteiger partial charge in [-0.25, -0.2) is 0 Å². The highest BCUT2D eigenvalue weighted by molar-refractivity contribution is 6.07. The molecule has 2 amide bonds. The van der Waals surface area contributed by atoms with Crippen LogP contribution in [-0.2, 0) is 23.9 Å². The highest BCUT2D eigenvalue weighted by atomic mass is 19.4. The van der Waals surface area contributed by atoms with Gasteiger partial charge in [-0.15, -0.1) is 0 Å². The Hall–Kier alpha value is -3.61. The molecule has 0 aliphatic carbocycles. The summed E-state index contributed by atoms with van der Waals surface area (Å²) in [6.45, 7) is 7.08. The molecule has 0 aromatic heterocycles. The molecule has 4 nitrogen and oxygen atoms in total. The first-order chi connectivity index (χ1) is 16.6. The first-order valence-corrected chi connectivity index (χ1v) is 11.5. The lowest BCUT2D eigenvalue weighted by Crippen LogP contribution is -2.32. The van der Waals surface area contributed by atoms with Crippen molar-refractivity contribution in [3.8, 4) is 0 Å². The van der Waals surface area contributed by atoms with Crippen molar-refractivity contribution < 1.29 is 22.8 Å². The van der Waals surface area contributed by atoms with Crippen LogP contribution < -0.4 is 4.90 Å². The van der Waals surface area contributed by atoms with Gasteiger partial charge in [0.05, 0.1) is 18.5 Å². The van der Waals surface area contributed by atoms with Crippen molar-refractivity contribution in [1.29, 1.82) is 0 Å². The molecule has 0 aliphatic heterocycles.